The van der Waals surface area contributed by atoms with Crippen molar-refractivity contribution in [2.45, 2.75) is 12.5 Å². The minimum Gasteiger partial charge on any atom is -0.351 e. The molecule has 1 atom stereocenters. The van der Waals surface area contributed by atoms with E-state index >= 15 is 0 Å². The molecule has 1 aromatic rings. The lowest BCUT2D eigenvalue weighted by Gasteiger charge is -2.18. The van der Waals surface area contributed by atoms with Gasteiger partial charge in [0.1, 0.15) is 0 Å². The number of nitrogens with one attached hydrogen (secondary N) is 1. The molecule has 5 heteroatoms. The van der Waals surface area contributed by atoms with Crippen molar-refractivity contribution in [2.24, 2.45) is 0 Å². The van der Waals surface area contributed by atoms with Gasteiger partial charge in [-0.2, -0.15) is 0 Å². The van der Waals surface area contributed by atoms with E-state index in [0.29, 0.717) is 11.5 Å². The summed E-state index contributed by atoms with van der Waals surface area (Å²) >= 11 is 0. The summed E-state index contributed by atoms with van der Waals surface area (Å²) in [5, 5.41) is 12.5. The minimum absolute atomic E-state index is 0.332. The minimum atomic E-state index is -0.387. The van der Waals surface area contributed by atoms with Gasteiger partial charge in [0.2, 0.25) is 0 Å². The maximum atomic E-state index is 11.5. The zero-order chi connectivity index (χ0) is 11.3. The predicted molar refractivity (Wildman–Crippen MR) is 60.2 cm³/mol. The summed E-state index contributed by atoms with van der Waals surface area (Å²) in [6.45, 7) is 0. The van der Waals surface area contributed by atoms with Crippen LogP contribution in [0.15, 0.2) is 30.3 Å². The van der Waals surface area contributed by atoms with Crippen LogP contribution in [0.3, 0.4) is 0 Å². The molecule has 1 rings (SSSR count). The van der Waals surface area contributed by atoms with Crippen LogP contribution in [0, 0.1) is 0 Å². The number of hydrogen-bond donors (Lipinski definition) is 2. The normalized spacial score (nSPS) is 12.1. The Morgan fingerprint density at radius 3 is 2.60 bits per heavy atom. The SMILES string of the molecule is BN[C@@H](Cc1ccccc1)C(=O)N(C)O. The molecule has 0 saturated heterocycles. The monoisotopic (exact) mass is 206 g/mol. The molecular weight excluding hydrogens is 191 g/mol. The highest BCUT2D eigenvalue weighted by Crippen LogP contribution is 2.04. The van der Waals surface area contributed by atoms with Crippen LogP contribution in [0.4, 0.5) is 0 Å². The first-order chi connectivity index (χ1) is 7.15. The van der Waals surface area contributed by atoms with Crippen LogP contribution >= 0.6 is 0 Å². The molecular formula is C10H15BN2O2. The average molecular weight is 206 g/mol. The number of hydrogen-bond acceptors (Lipinski definition) is 3. The van der Waals surface area contributed by atoms with Crippen LogP contribution in [0.2, 0.25) is 0 Å². The highest BCUT2D eigenvalue weighted by atomic mass is 16.5. The molecule has 0 unspecified atom stereocenters. The second-order valence-electron chi connectivity index (χ2n) is 3.39. The Morgan fingerprint density at radius 2 is 2.13 bits per heavy atom. The van der Waals surface area contributed by atoms with E-state index in [0.717, 1.165) is 5.56 Å². The maximum Gasteiger partial charge on any atom is 0.262 e. The molecule has 0 saturated carbocycles. The Labute approximate surface area is 90.3 Å². The first-order valence-corrected chi connectivity index (χ1v) is 4.82. The van der Waals surface area contributed by atoms with Gasteiger partial charge >= 0.3 is 0 Å². The van der Waals surface area contributed by atoms with Gasteiger partial charge in [0.05, 0.1) is 6.04 Å². The summed E-state index contributed by atoms with van der Waals surface area (Å²) in [7, 11) is 3.03. The largest absolute Gasteiger partial charge is 0.351 e. The zero-order valence-electron chi connectivity index (χ0n) is 8.97. The van der Waals surface area contributed by atoms with Crippen molar-refractivity contribution in [1.29, 1.82) is 0 Å². The third-order valence-corrected chi connectivity index (χ3v) is 2.25. The van der Waals surface area contributed by atoms with E-state index in [-0.39, 0.29) is 11.9 Å². The summed E-state index contributed by atoms with van der Waals surface area (Å²) in [5.74, 6) is -0.332. The number of carbonyl (C=O) groups excluding carboxylic acids is 1. The van der Waals surface area contributed by atoms with Crippen molar-refractivity contribution < 1.29 is 10.0 Å². The zero-order valence-corrected chi connectivity index (χ0v) is 8.97. The third kappa shape index (κ3) is 3.38. The van der Waals surface area contributed by atoms with E-state index in [1.807, 2.05) is 30.3 Å². The number of benzene rings is 1. The Bertz CT molecular complexity index is 316. The Balaban J connectivity index is 2.66. The summed E-state index contributed by atoms with van der Waals surface area (Å²) in [5.41, 5.74) is 1.06. The lowest BCUT2D eigenvalue weighted by Crippen LogP contribution is -2.44. The number of hydroxylamine groups is 2. The van der Waals surface area contributed by atoms with Crippen LogP contribution in [0.1, 0.15) is 5.56 Å². The van der Waals surface area contributed by atoms with Crippen molar-refractivity contribution in [1.82, 2.24) is 10.3 Å². The predicted octanol–water partition coefficient (Wildman–Crippen LogP) is -0.417. The molecule has 80 valence electrons. The fraction of sp³-hybridized carbons (Fsp3) is 0.300. The molecule has 1 amide bonds. The van der Waals surface area contributed by atoms with Crippen molar-refractivity contribution in [3.05, 3.63) is 35.9 Å². The molecule has 0 bridgehead atoms. The van der Waals surface area contributed by atoms with E-state index in [1.165, 1.54) is 7.05 Å². The van der Waals surface area contributed by atoms with Gasteiger partial charge in [-0.25, -0.2) is 5.06 Å². The molecule has 0 aliphatic carbocycles. The molecule has 0 heterocycles. The molecule has 0 spiro atoms. The fourth-order valence-corrected chi connectivity index (χ4v) is 1.39. The average Bonchev–Trinajstić information content (AvgIpc) is 2.26. The van der Waals surface area contributed by atoms with Crippen molar-refractivity contribution >= 4 is 13.9 Å². The van der Waals surface area contributed by atoms with Crippen LogP contribution in [-0.4, -0.2) is 37.2 Å². The van der Waals surface area contributed by atoms with Crippen LogP contribution in [-0.2, 0) is 11.2 Å². The number of likely N-dealkylation sites (N-methyl/N-ethyl adjacent to an activating group) is 1. The van der Waals surface area contributed by atoms with E-state index in [2.05, 4.69) is 5.23 Å². The first kappa shape index (κ1) is 11.7. The number of amides is 1. The summed E-state index contributed by atoms with van der Waals surface area (Å²) in [6, 6.07) is 9.30. The Morgan fingerprint density at radius 1 is 1.53 bits per heavy atom. The quantitative estimate of drug-likeness (QED) is 0.399. The molecule has 15 heavy (non-hydrogen) atoms. The Hall–Kier alpha value is -1.33. The van der Waals surface area contributed by atoms with Gasteiger partial charge in [-0.1, -0.05) is 30.3 Å². The van der Waals surface area contributed by atoms with Gasteiger partial charge < -0.3 is 5.23 Å². The lowest BCUT2D eigenvalue weighted by molar-refractivity contribution is -0.161. The van der Waals surface area contributed by atoms with Gasteiger partial charge in [-0.05, 0) is 12.0 Å². The number of nitrogens with zero attached hydrogens (tertiary/aromatic N) is 1. The van der Waals surface area contributed by atoms with E-state index in [1.54, 1.807) is 7.98 Å². The van der Waals surface area contributed by atoms with Crippen LogP contribution < -0.4 is 5.23 Å². The topological polar surface area (TPSA) is 52.6 Å². The van der Waals surface area contributed by atoms with E-state index in [9.17, 15) is 4.79 Å². The van der Waals surface area contributed by atoms with Crippen molar-refractivity contribution in [3.63, 3.8) is 0 Å². The molecule has 0 aromatic heterocycles. The molecule has 2 N–H and O–H groups in total. The first-order valence-electron chi connectivity index (χ1n) is 4.82. The van der Waals surface area contributed by atoms with Gasteiger partial charge in [0.15, 0.2) is 7.98 Å². The van der Waals surface area contributed by atoms with E-state index < -0.39 is 0 Å². The molecule has 0 fully saturated rings. The summed E-state index contributed by atoms with van der Waals surface area (Å²) < 4.78 is 0. The number of rotatable bonds is 4. The lowest BCUT2D eigenvalue weighted by atomic mass is 10.0. The Kier molecular flexibility index (Phi) is 4.33. The molecule has 1 aromatic carbocycles. The summed E-state index contributed by atoms with van der Waals surface area (Å²) in [4.78, 5) is 11.5. The molecule has 0 radical (unpaired) electrons. The van der Waals surface area contributed by atoms with Gasteiger partial charge in [0.25, 0.3) is 5.91 Å². The second-order valence-corrected chi connectivity index (χ2v) is 3.39. The second kappa shape index (κ2) is 5.53. The summed E-state index contributed by atoms with van der Waals surface area (Å²) in [6.07, 6.45) is 0.571. The number of carbonyl (C=O) groups is 1. The van der Waals surface area contributed by atoms with Crippen molar-refractivity contribution in [2.75, 3.05) is 7.05 Å². The third-order valence-electron chi connectivity index (χ3n) is 2.25. The van der Waals surface area contributed by atoms with Crippen LogP contribution in [0.5, 0.6) is 0 Å². The molecule has 4 nitrogen and oxygen atoms in total. The highest BCUT2D eigenvalue weighted by Gasteiger charge is 2.19. The molecule has 0 aliphatic heterocycles. The van der Waals surface area contributed by atoms with Crippen LogP contribution in [0.25, 0.3) is 0 Å². The highest BCUT2D eigenvalue weighted by molar-refractivity contribution is 6.06. The molecule has 0 aliphatic rings. The van der Waals surface area contributed by atoms with E-state index in [4.69, 9.17) is 5.21 Å². The maximum absolute atomic E-state index is 11.5. The van der Waals surface area contributed by atoms with Gasteiger partial charge in [0, 0.05) is 7.05 Å². The smallest absolute Gasteiger partial charge is 0.262 e. The standard InChI is InChI=1S/C10H15BN2O2/c1-13(15)10(14)9(12-11)7-8-5-3-2-4-6-8/h2-6,9,12,15H,7,11H2,1H3/t9-/m0/s1. The fourth-order valence-electron chi connectivity index (χ4n) is 1.39. The van der Waals surface area contributed by atoms with Gasteiger partial charge in [-0.15, -0.1) is 0 Å². The van der Waals surface area contributed by atoms with Gasteiger partial charge in [-0.3, -0.25) is 10.0 Å². The van der Waals surface area contributed by atoms with Crippen molar-refractivity contribution in [3.8, 4) is 0 Å².